The van der Waals surface area contributed by atoms with Crippen LogP contribution in [0.5, 0.6) is 0 Å². The first-order valence-corrected chi connectivity index (χ1v) is 6.03. The molecule has 0 bridgehead atoms. The van der Waals surface area contributed by atoms with Gasteiger partial charge in [0.2, 0.25) is 0 Å². The van der Waals surface area contributed by atoms with E-state index in [2.05, 4.69) is 11.9 Å². The van der Waals surface area contributed by atoms with Crippen molar-refractivity contribution in [2.24, 2.45) is 0 Å². The van der Waals surface area contributed by atoms with Crippen LogP contribution in [0.25, 0.3) is 10.4 Å². The van der Waals surface area contributed by atoms with Gasteiger partial charge >= 0.3 is 5.97 Å². The van der Waals surface area contributed by atoms with Gasteiger partial charge in [-0.1, -0.05) is 6.92 Å². The van der Waals surface area contributed by atoms with Crippen molar-refractivity contribution in [1.82, 2.24) is 4.98 Å². The van der Waals surface area contributed by atoms with E-state index in [1.165, 1.54) is 23.0 Å². The van der Waals surface area contributed by atoms with Crippen LogP contribution < -0.4 is 5.56 Å². The number of carbonyl (C=O) groups is 1. The van der Waals surface area contributed by atoms with Crippen molar-refractivity contribution in [3.8, 4) is 10.4 Å². The summed E-state index contributed by atoms with van der Waals surface area (Å²) in [5.41, 5.74) is 1.13. The molecular formula is C12H11NO3S. The smallest absolute Gasteiger partial charge is 0.341 e. The number of carboxylic acids is 1. The molecule has 5 heteroatoms. The van der Waals surface area contributed by atoms with Gasteiger partial charge in [0.05, 0.1) is 0 Å². The van der Waals surface area contributed by atoms with Gasteiger partial charge in [0, 0.05) is 16.6 Å². The van der Waals surface area contributed by atoms with Crippen molar-refractivity contribution in [2.75, 3.05) is 0 Å². The molecule has 0 radical (unpaired) electrons. The van der Waals surface area contributed by atoms with E-state index in [1.807, 2.05) is 11.4 Å². The van der Waals surface area contributed by atoms with E-state index >= 15 is 0 Å². The van der Waals surface area contributed by atoms with Crippen molar-refractivity contribution >= 4 is 17.3 Å². The molecule has 0 saturated heterocycles. The Labute approximate surface area is 102 Å². The zero-order chi connectivity index (χ0) is 12.4. The van der Waals surface area contributed by atoms with Crippen molar-refractivity contribution in [3.05, 3.63) is 45.2 Å². The molecule has 0 aromatic carbocycles. The zero-order valence-electron chi connectivity index (χ0n) is 9.19. The number of aromatic nitrogens is 1. The number of aromatic amines is 1. The van der Waals surface area contributed by atoms with E-state index in [1.54, 1.807) is 6.20 Å². The number of thiophene rings is 1. The van der Waals surface area contributed by atoms with Gasteiger partial charge in [-0.05, 0) is 29.5 Å². The predicted octanol–water partition coefficient (Wildman–Crippen LogP) is 2.36. The monoisotopic (exact) mass is 249 g/mol. The van der Waals surface area contributed by atoms with E-state index in [9.17, 15) is 9.59 Å². The van der Waals surface area contributed by atoms with Crippen LogP contribution in [0.3, 0.4) is 0 Å². The summed E-state index contributed by atoms with van der Waals surface area (Å²) in [6, 6.07) is 3.41. The number of nitrogens with one attached hydrogen (secondary N) is 1. The van der Waals surface area contributed by atoms with Gasteiger partial charge in [0.25, 0.3) is 5.56 Å². The molecule has 2 aromatic heterocycles. The van der Waals surface area contributed by atoms with E-state index in [0.717, 1.165) is 16.9 Å². The molecule has 0 unspecified atom stereocenters. The molecule has 17 heavy (non-hydrogen) atoms. The molecular weight excluding hydrogens is 238 g/mol. The number of hydrogen-bond acceptors (Lipinski definition) is 3. The van der Waals surface area contributed by atoms with Crippen LogP contribution in [0.1, 0.15) is 22.8 Å². The topological polar surface area (TPSA) is 70.2 Å². The van der Waals surface area contributed by atoms with Crippen molar-refractivity contribution in [1.29, 1.82) is 0 Å². The first kappa shape index (κ1) is 11.6. The Morgan fingerprint density at radius 1 is 1.47 bits per heavy atom. The molecule has 0 saturated carbocycles. The Kier molecular flexibility index (Phi) is 3.10. The number of aryl methyl sites for hydroxylation is 1. The normalized spacial score (nSPS) is 10.4. The lowest BCUT2D eigenvalue weighted by molar-refractivity contribution is 0.0695. The highest BCUT2D eigenvalue weighted by Gasteiger charge is 2.11. The number of aromatic carboxylic acids is 1. The summed E-state index contributed by atoms with van der Waals surface area (Å²) in [7, 11) is 0. The molecule has 0 amide bonds. The summed E-state index contributed by atoms with van der Waals surface area (Å²) in [6.45, 7) is 2.06. The van der Waals surface area contributed by atoms with Crippen molar-refractivity contribution in [2.45, 2.75) is 13.3 Å². The fourth-order valence-corrected chi connectivity index (χ4v) is 2.48. The third-order valence-corrected chi connectivity index (χ3v) is 3.51. The Morgan fingerprint density at radius 2 is 2.24 bits per heavy atom. The van der Waals surface area contributed by atoms with E-state index in [4.69, 9.17) is 5.11 Å². The summed E-state index contributed by atoms with van der Waals surface area (Å²) >= 11 is 1.54. The lowest BCUT2D eigenvalue weighted by atomic mass is 10.1. The summed E-state index contributed by atoms with van der Waals surface area (Å²) in [4.78, 5) is 25.5. The maximum Gasteiger partial charge on any atom is 0.341 e. The van der Waals surface area contributed by atoms with Gasteiger partial charge in [0.1, 0.15) is 5.56 Å². The highest BCUT2D eigenvalue weighted by atomic mass is 32.1. The van der Waals surface area contributed by atoms with Crippen molar-refractivity contribution < 1.29 is 9.90 Å². The van der Waals surface area contributed by atoms with Crippen LogP contribution in [-0.4, -0.2) is 16.1 Å². The lowest BCUT2D eigenvalue weighted by Crippen LogP contribution is -2.16. The number of rotatable bonds is 3. The molecule has 4 nitrogen and oxygen atoms in total. The zero-order valence-corrected chi connectivity index (χ0v) is 10.0. The quantitative estimate of drug-likeness (QED) is 0.877. The van der Waals surface area contributed by atoms with Crippen LogP contribution >= 0.6 is 11.3 Å². The van der Waals surface area contributed by atoms with Gasteiger partial charge in [-0.2, -0.15) is 0 Å². The SMILES string of the molecule is CCc1csc(-c2c[nH]c(=O)c(C(=O)O)c2)c1. The number of carboxylic acid groups (broad SMARTS) is 1. The fourth-order valence-electron chi connectivity index (χ4n) is 1.50. The maximum atomic E-state index is 11.3. The predicted molar refractivity (Wildman–Crippen MR) is 66.7 cm³/mol. The Hall–Kier alpha value is -1.88. The average Bonchev–Trinajstić information content (AvgIpc) is 2.78. The summed E-state index contributed by atoms with van der Waals surface area (Å²) in [5.74, 6) is -1.21. The molecule has 2 heterocycles. The molecule has 2 N–H and O–H groups in total. The third-order valence-electron chi connectivity index (χ3n) is 2.48. The molecule has 88 valence electrons. The second-order valence-electron chi connectivity index (χ2n) is 3.61. The second kappa shape index (κ2) is 4.55. The molecule has 2 aromatic rings. The lowest BCUT2D eigenvalue weighted by Gasteiger charge is -1.98. The van der Waals surface area contributed by atoms with E-state index in [0.29, 0.717) is 0 Å². The van der Waals surface area contributed by atoms with E-state index < -0.39 is 11.5 Å². The summed E-state index contributed by atoms with van der Waals surface area (Å²) in [6.07, 6.45) is 2.48. The first-order chi connectivity index (χ1) is 8.11. The average molecular weight is 249 g/mol. The van der Waals surface area contributed by atoms with Gasteiger partial charge in [-0.15, -0.1) is 11.3 Å². The molecule has 0 fully saturated rings. The Bertz CT molecular complexity index is 612. The summed E-state index contributed by atoms with van der Waals surface area (Å²) in [5, 5.41) is 10.9. The Morgan fingerprint density at radius 3 is 2.82 bits per heavy atom. The van der Waals surface area contributed by atoms with Crippen LogP contribution in [0.4, 0.5) is 0 Å². The minimum atomic E-state index is -1.21. The van der Waals surface area contributed by atoms with Gasteiger partial charge < -0.3 is 10.1 Å². The van der Waals surface area contributed by atoms with Crippen LogP contribution in [0, 0.1) is 0 Å². The third kappa shape index (κ3) is 2.29. The molecule has 0 atom stereocenters. The minimum absolute atomic E-state index is 0.228. The number of pyridine rings is 1. The largest absolute Gasteiger partial charge is 0.477 e. The van der Waals surface area contributed by atoms with Crippen LogP contribution in [-0.2, 0) is 6.42 Å². The fraction of sp³-hybridized carbons (Fsp3) is 0.167. The van der Waals surface area contributed by atoms with Gasteiger partial charge in [-0.3, -0.25) is 4.79 Å². The van der Waals surface area contributed by atoms with Crippen LogP contribution in [0.15, 0.2) is 28.5 Å². The number of H-pyrrole nitrogens is 1. The second-order valence-corrected chi connectivity index (χ2v) is 4.52. The van der Waals surface area contributed by atoms with E-state index in [-0.39, 0.29) is 5.56 Å². The molecule has 2 rings (SSSR count). The molecule has 0 spiro atoms. The highest BCUT2D eigenvalue weighted by Crippen LogP contribution is 2.26. The van der Waals surface area contributed by atoms with Gasteiger partial charge in [-0.25, -0.2) is 4.79 Å². The number of hydrogen-bond donors (Lipinski definition) is 2. The summed E-state index contributed by atoms with van der Waals surface area (Å²) < 4.78 is 0. The molecule has 0 aliphatic rings. The maximum absolute atomic E-state index is 11.3. The minimum Gasteiger partial charge on any atom is -0.477 e. The van der Waals surface area contributed by atoms with Gasteiger partial charge in [0.15, 0.2) is 0 Å². The van der Waals surface area contributed by atoms with Crippen LogP contribution in [0.2, 0.25) is 0 Å². The standard InChI is InChI=1S/C12H11NO3S/c1-2-7-3-10(17-6-7)8-4-9(12(15)16)11(14)13-5-8/h3-6H,2H2,1H3,(H,13,14)(H,15,16). The molecule has 0 aliphatic carbocycles. The molecule has 0 aliphatic heterocycles. The Balaban J connectivity index is 2.49. The first-order valence-electron chi connectivity index (χ1n) is 5.15. The highest BCUT2D eigenvalue weighted by molar-refractivity contribution is 7.13. The van der Waals surface area contributed by atoms with Crippen molar-refractivity contribution in [3.63, 3.8) is 0 Å².